The minimum atomic E-state index is -0.0706. The Morgan fingerprint density at radius 3 is 2.66 bits per heavy atom. The molecular weight excluding hydrogens is 408 g/mol. The van der Waals surface area contributed by atoms with Crippen molar-refractivity contribution in [2.45, 2.75) is 51.0 Å². The summed E-state index contributed by atoms with van der Waals surface area (Å²) in [4.78, 5) is 31.9. The van der Waals surface area contributed by atoms with Crippen LogP contribution in [0.15, 0.2) is 36.7 Å². The van der Waals surface area contributed by atoms with Gasteiger partial charge in [0.2, 0.25) is 5.91 Å². The number of aromatic nitrogens is 2. The molecule has 2 aromatic rings. The third-order valence-electron chi connectivity index (χ3n) is 6.78. The number of likely N-dealkylation sites (tertiary alicyclic amines) is 1. The summed E-state index contributed by atoms with van der Waals surface area (Å²) in [7, 11) is 0. The van der Waals surface area contributed by atoms with Gasteiger partial charge in [0.25, 0.3) is 5.91 Å². The molecule has 2 saturated heterocycles. The smallest absolute Gasteiger partial charge is 0.274 e. The van der Waals surface area contributed by atoms with Crippen LogP contribution in [0.3, 0.4) is 0 Å². The van der Waals surface area contributed by atoms with Gasteiger partial charge in [-0.15, -0.1) is 0 Å². The van der Waals surface area contributed by atoms with E-state index < -0.39 is 0 Å². The number of fused-ring (bicyclic) bond motifs is 1. The van der Waals surface area contributed by atoms with Gasteiger partial charge in [-0.3, -0.25) is 9.59 Å². The molecule has 3 aliphatic rings. The SMILES string of the molecule is O=C(NC[C@H]1CCCO1)C1CCN(C(=O)c2ncn3c2CO[C@@H](c2ccccc2)C3)CC1. The number of amides is 2. The Hall–Kier alpha value is -2.71. The molecule has 0 spiro atoms. The molecule has 0 radical (unpaired) electrons. The number of carbonyl (C=O) groups excluding carboxylic acids is 2. The molecule has 32 heavy (non-hydrogen) atoms. The lowest BCUT2D eigenvalue weighted by Gasteiger charge is -2.32. The summed E-state index contributed by atoms with van der Waals surface area (Å²) >= 11 is 0. The van der Waals surface area contributed by atoms with E-state index in [9.17, 15) is 9.59 Å². The first-order valence-electron chi connectivity index (χ1n) is 11.6. The van der Waals surface area contributed by atoms with Crippen LogP contribution in [0.2, 0.25) is 0 Å². The van der Waals surface area contributed by atoms with Gasteiger partial charge < -0.3 is 24.3 Å². The molecular formula is C24H30N4O4. The highest BCUT2D eigenvalue weighted by Crippen LogP contribution is 2.28. The first kappa shape index (κ1) is 21.2. The first-order chi connectivity index (χ1) is 15.7. The Morgan fingerprint density at radius 1 is 1.09 bits per heavy atom. The Bertz CT molecular complexity index is 946. The van der Waals surface area contributed by atoms with Gasteiger partial charge in [-0.2, -0.15) is 0 Å². The Kier molecular flexibility index (Phi) is 6.23. The van der Waals surface area contributed by atoms with Crippen molar-refractivity contribution < 1.29 is 19.1 Å². The molecule has 8 heteroatoms. The summed E-state index contributed by atoms with van der Waals surface area (Å²) in [5, 5.41) is 3.02. The molecule has 2 fully saturated rings. The monoisotopic (exact) mass is 438 g/mol. The molecule has 8 nitrogen and oxygen atoms in total. The predicted octanol–water partition coefficient (Wildman–Crippen LogP) is 2.30. The molecule has 0 aliphatic carbocycles. The van der Waals surface area contributed by atoms with E-state index in [0.717, 1.165) is 30.7 Å². The zero-order valence-electron chi connectivity index (χ0n) is 18.2. The summed E-state index contributed by atoms with van der Waals surface area (Å²) in [5.74, 6) is -0.0441. The number of ether oxygens (including phenoxy) is 2. The zero-order valence-corrected chi connectivity index (χ0v) is 18.2. The topological polar surface area (TPSA) is 85.7 Å². The standard InChI is InChI=1S/C24H30N4O4/c29-23(25-13-19-7-4-12-31-19)18-8-10-27(11-9-18)24(30)22-20-15-32-21(14-28(20)16-26-22)17-5-2-1-3-6-17/h1-3,5-6,16,18-19,21H,4,7-15H2,(H,25,29)/t19-,21-/m1/s1. The van der Waals surface area contributed by atoms with Crippen LogP contribution in [0.1, 0.15) is 53.5 Å². The Balaban J connectivity index is 1.15. The number of hydrogen-bond donors (Lipinski definition) is 1. The molecule has 0 unspecified atom stereocenters. The second kappa shape index (κ2) is 9.42. The van der Waals surface area contributed by atoms with Gasteiger partial charge in [-0.1, -0.05) is 30.3 Å². The molecule has 2 atom stereocenters. The van der Waals surface area contributed by atoms with E-state index >= 15 is 0 Å². The maximum absolute atomic E-state index is 13.1. The predicted molar refractivity (Wildman–Crippen MR) is 117 cm³/mol. The van der Waals surface area contributed by atoms with Crippen molar-refractivity contribution in [2.75, 3.05) is 26.2 Å². The van der Waals surface area contributed by atoms with Gasteiger partial charge in [0, 0.05) is 32.2 Å². The van der Waals surface area contributed by atoms with E-state index in [4.69, 9.17) is 9.47 Å². The van der Waals surface area contributed by atoms with Crippen molar-refractivity contribution in [2.24, 2.45) is 5.92 Å². The third-order valence-corrected chi connectivity index (χ3v) is 6.78. The van der Waals surface area contributed by atoms with Gasteiger partial charge >= 0.3 is 0 Å². The highest BCUT2D eigenvalue weighted by Gasteiger charge is 2.32. The number of carbonyl (C=O) groups is 2. The fourth-order valence-electron chi connectivity index (χ4n) is 4.83. The van der Waals surface area contributed by atoms with Crippen LogP contribution in [0.5, 0.6) is 0 Å². The number of imidazole rings is 1. The summed E-state index contributed by atoms with van der Waals surface area (Å²) in [5.41, 5.74) is 2.43. The van der Waals surface area contributed by atoms with E-state index in [1.54, 1.807) is 6.33 Å². The van der Waals surface area contributed by atoms with Crippen molar-refractivity contribution >= 4 is 11.8 Å². The molecule has 5 rings (SSSR count). The van der Waals surface area contributed by atoms with Crippen LogP contribution in [0.25, 0.3) is 0 Å². The molecule has 1 N–H and O–H groups in total. The minimum Gasteiger partial charge on any atom is -0.376 e. The highest BCUT2D eigenvalue weighted by molar-refractivity contribution is 5.93. The van der Waals surface area contributed by atoms with E-state index in [-0.39, 0.29) is 29.9 Å². The first-order valence-corrected chi connectivity index (χ1v) is 11.6. The normalized spacial score (nSPS) is 23.7. The molecule has 0 saturated carbocycles. The molecule has 1 aromatic carbocycles. The van der Waals surface area contributed by atoms with Crippen molar-refractivity contribution in [1.29, 1.82) is 0 Å². The molecule has 3 aliphatic heterocycles. The molecule has 2 amide bonds. The number of benzene rings is 1. The maximum Gasteiger partial charge on any atom is 0.274 e. The summed E-state index contributed by atoms with van der Waals surface area (Å²) in [6.45, 7) is 3.52. The summed E-state index contributed by atoms with van der Waals surface area (Å²) in [6, 6.07) is 10.1. The lowest BCUT2D eigenvalue weighted by Crippen LogP contribution is -2.44. The van der Waals surface area contributed by atoms with Crippen LogP contribution in [0, 0.1) is 5.92 Å². The largest absolute Gasteiger partial charge is 0.376 e. The third kappa shape index (κ3) is 4.42. The zero-order chi connectivity index (χ0) is 21.9. The molecule has 170 valence electrons. The fraction of sp³-hybridized carbons (Fsp3) is 0.542. The average molecular weight is 439 g/mol. The number of nitrogens with zero attached hydrogens (tertiary/aromatic N) is 3. The lowest BCUT2D eigenvalue weighted by molar-refractivity contribution is -0.126. The Labute approximate surface area is 187 Å². The second-order valence-electron chi connectivity index (χ2n) is 8.85. The van der Waals surface area contributed by atoms with Crippen molar-refractivity contribution in [1.82, 2.24) is 19.8 Å². The molecule has 4 heterocycles. The highest BCUT2D eigenvalue weighted by atomic mass is 16.5. The number of rotatable bonds is 5. The van der Waals surface area contributed by atoms with Gasteiger partial charge in [-0.05, 0) is 31.2 Å². The number of hydrogen-bond acceptors (Lipinski definition) is 5. The van der Waals surface area contributed by atoms with E-state index in [1.807, 2.05) is 27.7 Å². The number of piperidine rings is 1. The lowest BCUT2D eigenvalue weighted by atomic mass is 9.95. The van der Waals surface area contributed by atoms with Crippen molar-refractivity contribution in [3.05, 3.63) is 53.6 Å². The van der Waals surface area contributed by atoms with Crippen molar-refractivity contribution in [3.63, 3.8) is 0 Å². The molecule has 0 bridgehead atoms. The van der Waals surface area contributed by atoms with Crippen LogP contribution in [-0.4, -0.2) is 58.6 Å². The minimum absolute atomic E-state index is 0.0373. The summed E-state index contributed by atoms with van der Waals surface area (Å²) < 4.78 is 13.6. The van der Waals surface area contributed by atoms with Crippen LogP contribution < -0.4 is 5.32 Å². The van der Waals surface area contributed by atoms with Crippen LogP contribution in [0.4, 0.5) is 0 Å². The maximum atomic E-state index is 13.1. The molecule has 1 aromatic heterocycles. The van der Waals surface area contributed by atoms with Crippen LogP contribution in [-0.2, 0) is 27.4 Å². The van der Waals surface area contributed by atoms with Crippen molar-refractivity contribution in [3.8, 4) is 0 Å². The van der Waals surface area contributed by atoms with E-state index in [1.165, 1.54) is 0 Å². The Morgan fingerprint density at radius 2 is 1.91 bits per heavy atom. The average Bonchev–Trinajstić information content (AvgIpc) is 3.52. The number of nitrogens with one attached hydrogen (secondary N) is 1. The van der Waals surface area contributed by atoms with Crippen LogP contribution >= 0.6 is 0 Å². The quantitative estimate of drug-likeness (QED) is 0.774. The fourth-order valence-corrected chi connectivity index (χ4v) is 4.83. The van der Waals surface area contributed by atoms with Gasteiger partial charge in [-0.25, -0.2) is 4.98 Å². The second-order valence-corrected chi connectivity index (χ2v) is 8.85. The van der Waals surface area contributed by atoms with E-state index in [2.05, 4.69) is 22.4 Å². The van der Waals surface area contributed by atoms with Gasteiger partial charge in [0.15, 0.2) is 5.69 Å². The van der Waals surface area contributed by atoms with E-state index in [0.29, 0.717) is 51.3 Å². The van der Waals surface area contributed by atoms with Gasteiger partial charge in [0.1, 0.15) is 6.10 Å². The van der Waals surface area contributed by atoms with Gasteiger partial charge in [0.05, 0.1) is 31.3 Å². The summed E-state index contributed by atoms with van der Waals surface area (Å²) in [6.07, 6.45) is 5.28.